The predicted molar refractivity (Wildman–Crippen MR) is 130 cm³/mol. The summed E-state index contributed by atoms with van der Waals surface area (Å²) in [6, 6.07) is 16.3. The van der Waals surface area contributed by atoms with E-state index in [0.29, 0.717) is 29.4 Å². The first kappa shape index (κ1) is 24.4. The second-order valence-corrected chi connectivity index (χ2v) is 9.21. The standard InChI is InChI=1S/C23H25N3O5S2/c1-2-3-14-31-21-9-5-4-8-20(21)22(27)26-23(32)25-17-10-12-19(13-11-17)33(28,29)24-16-18-7-6-15-30-18/h4-13,15,24H,2-3,14,16H2,1H3,(H2,25,26,27,32). The van der Waals surface area contributed by atoms with Crippen LogP contribution in [0.25, 0.3) is 0 Å². The molecule has 0 radical (unpaired) electrons. The third kappa shape index (κ3) is 7.14. The van der Waals surface area contributed by atoms with Crippen molar-refractivity contribution >= 4 is 38.9 Å². The average molecular weight is 488 g/mol. The number of hydrogen-bond donors (Lipinski definition) is 3. The number of thiocarbonyl (C=S) groups is 1. The van der Waals surface area contributed by atoms with E-state index in [1.807, 2.05) is 0 Å². The number of sulfonamides is 1. The van der Waals surface area contributed by atoms with E-state index in [0.717, 1.165) is 12.8 Å². The average Bonchev–Trinajstić information content (AvgIpc) is 3.32. The zero-order valence-electron chi connectivity index (χ0n) is 18.0. The van der Waals surface area contributed by atoms with Crippen molar-refractivity contribution in [3.8, 4) is 5.75 Å². The van der Waals surface area contributed by atoms with Gasteiger partial charge in [0.1, 0.15) is 11.5 Å². The molecule has 33 heavy (non-hydrogen) atoms. The van der Waals surface area contributed by atoms with Crippen molar-refractivity contribution in [2.45, 2.75) is 31.2 Å². The number of anilines is 1. The van der Waals surface area contributed by atoms with Crippen LogP contribution in [-0.2, 0) is 16.6 Å². The highest BCUT2D eigenvalue weighted by Gasteiger charge is 2.16. The van der Waals surface area contributed by atoms with Gasteiger partial charge < -0.3 is 14.5 Å². The van der Waals surface area contributed by atoms with Crippen molar-refractivity contribution in [3.63, 3.8) is 0 Å². The molecule has 0 saturated heterocycles. The van der Waals surface area contributed by atoms with Crippen LogP contribution in [-0.4, -0.2) is 26.0 Å². The summed E-state index contributed by atoms with van der Waals surface area (Å²) < 4.78 is 38.1. The molecule has 1 heterocycles. The molecule has 3 rings (SSSR count). The molecule has 3 N–H and O–H groups in total. The zero-order valence-corrected chi connectivity index (χ0v) is 19.7. The van der Waals surface area contributed by atoms with Crippen LogP contribution >= 0.6 is 12.2 Å². The number of ether oxygens (including phenoxy) is 1. The Kier molecular flexibility index (Phi) is 8.58. The first-order valence-electron chi connectivity index (χ1n) is 10.4. The van der Waals surface area contributed by atoms with E-state index < -0.39 is 15.9 Å². The fourth-order valence-electron chi connectivity index (χ4n) is 2.82. The van der Waals surface area contributed by atoms with Crippen molar-refractivity contribution in [2.24, 2.45) is 0 Å². The number of para-hydroxylation sites is 1. The zero-order chi connectivity index (χ0) is 23.7. The monoisotopic (exact) mass is 487 g/mol. The summed E-state index contributed by atoms with van der Waals surface area (Å²) in [5.41, 5.74) is 0.902. The molecule has 0 aliphatic carbocycles. The van der Waals surface area contributed by atoms with Crippen molar-refractivity contribution in [2.75, 3.05) is 11.9 Å². The number of carbonyl (C=O) groups excluding carboxylic acids is 1. The van der Waals surface area contributed by atoms with Crippen LogP contribution in [0.3, 0.4) is 0 Å². The van der Waals surface area contributed by atoms with Crippen LogP contribution in [0.2, 0.25) is 0 Å². The normalized spacial score (nSPS) is 11.1. The summed E-state index contributed by atoms with van der Waals surface area (Å²) in [7, 11) is -3.71. The lowest BCUT2D eigenvalue weighted by atomic mass is 10.2. The number of furan rings is 1. The molecule has 0 aliphatic heterocycles. The molecule has 3 aromatic rings. The van der Waals surface area contributed by atoms with Crippen LogP contribution < -0.4 is 20.1 Å². The van der Waals surface area contributed by atoms with Gasteiger partial charge in [-0.3, -0.25) is 10.1 Å². The highest BCUT2D eigenvalue weighted by molar-refractivity contribution is 7.89. The van der Waals surface area contributed by atoms with E-state index in [4.69, 9.17) is 21.4 Å². The molecule has 0 unspecified atom stereocenters. The summed E-state index contributed by atoms with van der Waals surface area (Å²) in [6.45, 7) is 2.63. The van der Waals surface area contributed by atoms with E-state index >= 15 is 0 Å². The third-order valence-corrected chi connectivity index (χ3v) is 6.17. The van der Waals surface area contributed by atoms with Gasteiger partial charge in [0.25, 0.3) is 5.91 Å². The Morgan fingerprint density at radius 1 is 1.06 bits per heavy atom. The highest BCUT2D eigenvalue weighted by atomic mass is 32.2. The minimum absolute atomic E-state index is 0.0507. The lowest BCUT2D eigenvalue weighted by Gasteiger charge is -2.13. The molecular formula is C23H25N3O5S2. The second kappa shape index (κ2) is 11.6. The Labute approximate surface area is 198 Å². The van der Waals surface area contributed by atoms with Gasteiger partial charge in [0, 0.05) is 5.69 Å². The number of carbonyl (C=O) groups is 1. The fourth-order valence-corrected chi connectivity index (χ4v) is 4.02. The maximum Gasteiger partial charge on any atom is 0.261 e. The predicted octanol–water partition coefficient (Wildman–Crippen LogP) is 4.06. The van der Waals surface area contributed by atoms with Gasteiger partial charge in [0.2, 0.25) is 10.0 Å². The number of nitrogens with one attached hydrogen (secondary N) is 3. The van der Waals surface area contributed by atoms with E-state index in [-0.39, 0.29) is 16.6 Å². The van der Waals surface area contributed by atoms with Gasteiger partial charge in [-0.15, -0.1) is 0 Å². The van der Waals surface area contributed by atoms with Gasteiger partial charge in [-0.05, 0) is 67.2 Å². The molecular weight excluding hydrogens is 462 g/mol. The molecule has 0 atom stereocenters. The van der Waals surface area contributed by atoms with E-state index in [1.54, 1.807) is 48.5 Å². The summed E-state index contributed by atoms with van der Waals surface area (Å²) in [5.74, 6) is 0.596. The molecule has 10 heteroatoms. The van der Waals surface area contributed by atoms with Crippen molar-refractivity contribution < 1.29 is 22.4 Å². The van der Waals surface area contributed by atoms with Crippen LogP contribution in [0, 0.1) is 0 Å². The molecule has 1 amide bonds. The summed E-state index contributed by atoms with van der Waals surface area (Å²) in [6.07, 6.45) is 3.35. The first-order chi connectivity index (χ1) is 15.9. The lowest BCUT2D eigenvalue weighted by Crippen LogP contribution is -2.34. The Balaban J connectivity index is 1.57. The molecule has 0 fully saturated rings. The number of benzene rings is 2. The molecule has 8 nitrogen and oxygen atoms in total. The van der Waals surface area contributed by atoms with Gasteiger partial charge in [-0.1, -0.05) is 25.5 Å². The SMILES string of the molecule is CCCCOc1ccccc1C(=O)NC(=S)Nc1ccc(S(=O)(=O)NCc2ccco2)cc1. The smallest absolute Gasteiger partial charge is 0.261 e. The van der Waals surface area contributed by atoms with Crippen molar-refractivity contribution in [1.82, 2.24) is 10.0 Å². The number of hydrogen-bond acceptors (Lipinski definition) is 6. The lowest BCUT2D eigenvalue weighted by molar-refractivity contribution is 0.0973. The van der Waals surface area contributed by atoms with Crippen LogP contribution in [0.15, 0.2) is 76.2 Å². The molecule has 0 spiro atoms. The topological polar surface area (TPSA) is 110 Å². The summed E-state index contributed by atoms with van der Waals surface area (Å²) >= 11 is 5.23. The van der Waals surface area contributed by atoms with Crippen LogP contribution in [0.5, 0.6) is 5.75 Å². The minimum Gasteiger partial charge on any atom is -0.493 e. The number of unbranched alkanes of at least 4 members (excludes halogenated alkanes) is 1. The van der Waals surface area contributed by atoms with Crippen LogP contribution in [0.4, 0.5) is 5.69 Å². The number of amides is 1. The van der Waals surface area contributed by atoms with E-state index in [9.17, 15) is 13.2 Å². The van der Waals surface area contributed by atoms with E-state index in [2.05, 4.69) is 22.3 Å². The molecule has 174 valence electrons. The molecule has 2 aromatic carbocycles. The van der Waals surface area contributed by atoms with Crippen molar-refractivity contribution in [1.29, 1.82) is 0 Å². The maximum absolute atomic E-state index is 12.6. The Morgan fingerprint density at radius 2 is 1.82 bits per heavy atom. The Morgan fingerprint density at radius 3 is 2.52 bits per heavy atom. The molecule has 1 aromatic heterocycles. The minimum atomic E-state index is -3.71. The highest BCUT2D eigenvalue weighted by Crippen LogP contribution is 2.19. The second-order valence-electron chi connectivity index (χ2n) is 7.03. The first-order valence-corrected chi connectivity index (χ1v) is 12.2. The van der Waals surface area contributed by atoms with Crippen LogP contribution in [0.1, 0.15) is 35.9 Å². The number of rotatable bonds is 10. The summed E-state index contributed by atoms with van der Waals surface area (Å²) in [4.78, 5) is 12.7. The van der Waals surface area contributed by atoms with Gasteiger partial charge in [-0.2, -0.15) is 0 Å². The summed E-state index contributed by atoms with van der Waals surface area (Å²) in [5, 5.41) is 5.57. The van der Waals surface area contributed by atoms with Gasteiger partial charge in [0.15, 0.2) is 5.11 Å². The van der Waals surface area contributed by atoms with Crippen molar-refractivity contribution in [3.05, 3.63) is 78.3 Å². The van der Waals surface area contributed by atoms with E-state index in [1.165, 1.54) is 18.4 Å². The fraction of sp³-hybridized carbons (Fsp3) is 0.217. The third-order valence-electron chi connectivity index (χ3n) is 4.55. The quantitative estimate of drug-likeness (QED) is 0.292. The maximum atomic E-state index is 12.6. The van der Waals surface area contributed by atoms with Gasteiger partial charge >= 0.3 is 0 Å². The van der Waals surface area contributed by atoms with Gasteiger partial charge in [0.05, 0.1) is 29.9 Å². The largest absolute Gasteiger partial charge is 0.493 e. The molecule has 0 aliphatic rings. The molecule has 0 saturated carbocycles. The Bertz CT molecular complexity index is 1180. The Hall–Kier alpha value is -3.21. The molecule has 0 bridgehead atoms. The van der Waals surface area contributed by atoms with Gasteiger partial charge in [-0.25, -0.2) is 13.1 Å².